The van der Waals surface area contributed by atoms with Gasteiger partial charge in [-0.05, 0) is 39.2 Å². The first kappa shape index (κ1) is 33.2. The number of carboxylic acid groups (broad SMARTS) is 1. The maximum Gasteiger partial charge on any atom is 0.331 e. The van der Waals surface area contributed by atoms with Gasteiger partial charge in [-0.2, -0.15) is 0 Å². The Labute approximate surface area is 249 Å². The first-order chi connectivity index (χ1) is 20.3. The van der Waals surface area contributed by atoms with Gasteiger partial charge in [0.25, 0.3) is 5.79 Å². The lowest BCUT2D eigenvalue weighted by molar-refractivity contribution is -0.333. The first-order valence-corrected chi connectivity index (χ1v) is 14.0. The standard InChI is InChI=1S/C31H36O12/c1-5-6-7-8-9-10-11-12-26(36)41-29-21-17-23(33)30(4,43-20(3)32)28(38)22(21)18-39-31(29)24(14-13-19(2)42-31)40-27(37)16-15-25(34)35/h7-12,17-19,24,29H,5-6,13-16H2,1-4H3,(H,34,35)/b8-7+,10-9+,12-11+/t19-,24?,29-,30?,31?/m1/s1. The largest absolute Gasteiger partial charge is 0.481 e. The monoisotopic (exact) mass is 600 g/mol. The van der Waals surface area contributed by atoms with E-state index < -0.39 is 78.0 Å². The number of carbonyl (C=O) groups excluding carboxylic acids is 5. The van der Waals surface area contributed by atoms with Crippen molar-refractivity contribution >= 4 is 35.4 Å². The normalized spacial score (nSPS) is 28.8. The Kier molecular flexibility index (Phi) is 11.0. The highest BCUT2D eigenvalue weighted by atomic mass is 16.7. The number of aliphatic carboxylic acids is 1. The van der Waals surface area contributed by atoms with E-state index in [4.69, 9.17) is 28.8 Å². The van der Waals surface area contributed by atoms with Crippen LogP contribution in [-0.4, -0.2) is 70.3 Å². The average molecular weight is 601 g/mol. The molecule has 1 spiro atoms. The van der Waals surface area contributed by atoms with E-state index in [1.54, 1.807) is 19.1 Å². The molecular weight excluding hydrogens is 564 g/mol. The fourth-order valence-corrected chi connectivity index (χ4v) is 4.85. The molecule has 0 amide bonds. The summed E-state index contributed by atoms with van der Waals surface area (Å²) in [6, 6.07) is 0. The summed E-state index contributed by atoms with van der Waals surface area (Å²) in [7, 11) is 0. The number of fused-ring (bicyclic) bond motifs is 1. The highest BCUT2D eigenvalue weighted by Crippen LogP contribution is 2.46. The van der Waals surface area contributed by atoms with Gasteiger partial charge >= 0.3 is 23.9 Å². The van der Waals surface area contributed by atoms with E-state index >= 15 is 0 Å². The summed E-state index contributed by atoms with van der Waals surface area (Å²) in [6.07, 6.45) is 9.93. The van der Waals surface area contributed by atoms with Gasteiger partial charge in [0.05, 0.1) is 30.8 Å². The lowest BCUT2D eigenvalue weighted by Gasteiger charge is -2.50. The third-order valence-corrected chi connectivity index (χ3v) is 6.98. The van der Waals surface area contributed by atoms with Gasteiger partial charge < -0.3 is 28.8 Å². The van der Waals surface area contributed by atoms with Gasteiger partial charge in [0.15, 0.2) is 12.2 Å². The van der Waals surface area contributed by atoms with Gasteiger partial charge in [-0.3, -0.25) is 24.0 Å². The maximum atomic E-state index is 13.5. The highest BCUT2D eigenvalue weighted by Gasteiger charge is 2.63. The van der Waals surface area contributed by atoms with Crippen molar-refractivity contribution in [2.45, 2.75) is 95.9 Å². The van der Waals surface area contributed by atoms with Gasteiger partial charge in [-0.25, -0.2) is 4.79 Å². The number of ketones is 2. The van der Waals surface area contributed by atoms with Gasteiger partial charge in [-0.15, -0.1) is 0 Å². The summed E-state index contributed by atoms with van der Waals surface area (Å²) < 4.78 is 28.6. The molecule has 0 aromatic heterocycles. The number of esters is 3. The van der Waals surface area contributed by atoms with Crippen LogP contribution in [-0.2, 0) is 52.5 Å². The molecule has 5 atom stereocenters. The Balaban J connectivity index is 2.03. The number of unbranched alkanes of at least 4 members (excludes halogenated alkanes) is 1. The third kappa shape index (κ3) is 7.75. The third-order valence-electron chi connectivity index (χ3n) is 6.98. The average Bonchev–Trinajstić information content (AvgIpc) is 2.93. The lowest BCUT2D eigenvalue weighted by atomic mass is 9.75. The van der Waals surface area contributed by atoms with Crippen molar-refractivity contribution in [3.8, 4) is 0 Å². The zero-order chi connectivity index (χ0) is 31.8. The fraction of sp³-hybridized carbons (Fsp3) is 0.484. The Morgan fingerprint density at radius 3 is 2.47 bits per heavy atom. The number of rotatable bonds is 11. The van der Waals surface area contributed by atoms with Crippen molar-refractivity contribution in [2.24, 2.45) is 0 Å². The minimum absolute atomic E-state index is 0.0913. The Bertz CT molecular complexity index is 1300. The van der Waals surface area contributed by atoms with Crippen LogP contribution in [0.15, 0.2) is 59.9 Å². The second-order valence-electron chi connectivity index (χ2n) is 10.4. The van der Waals surface area contributed by atoms with E-state index in [9.17, 15) is 28.8 Å². The van der Waals surface area contributed by atoms with Crippen LogP contribution in [0.3, 0.4) is 0 Å². The molecule has 3 aliphatic rings. The zero-order valence-electron chi connectivity index (χ0n) is 24.5. The van der Waals surface area contributed by atoms with Crippen molar-refractivity contribution in [2.75, 3.05) is 0 Å². The van der Waals surface area contributed by atoms with E-state index in [-0.39, 0.29) is 17.6 Å². The molecule has 0 radical (unpaired) electrons. The van der Waals surface area contributed by atoms with Crippen molar-refractivity contribution in [3.63, 3.8) is 0 Å². The van der Waals surface area contributed by atoms with Crippen molar-refractivity contribution in [1.82, 2.24) is 0 Å². The van der Waals surface area contributed by atoms with Crippen LogP contribution in [0.5, 0.6) is 0 Å². The van der Waals surface area contributed by atoms with E-state index in [2.05, 4.69) is 0 Å². The number of hydrogen-bond donors (Lipinski definition) is 1. The summed E-state index contributed by atoms with van der Waals surface area (Å²) in [5.74, 6) is -7.62. The van der Waals surface area contributed by atoms with Crippen LogP contribution in [0.25, 0.3) is 0 Å². The van der Waals surface area contributed by atoms with Gasteiger partial charge in [0.1, 0.15) is 0 Å². The van der Waals surface area contributed by atoms with Crippen LogP contribution in [0.2, 0.25) is 0 Å². The fourth-order valence-electron chi connectivity index (χ4n) is 4.85. The quantitative estimate of drug-likeness (QED) is 0.121. The molecule has 3 rings (SSSR count). The zero-order valence-corrected chi connectivity index (χ0v) is 24.5. The number of hydrogen-bond acceptors (Lipinski definition) is 11. The first-order valence-electron chi connectivity index (χ1n) is 14.0. The summed E-state index contributed by atoms with van der Waals surface area (Å²) >= 11 is 0. The Morgan fingerprint density at radius 2 is 1.79 bits per heavy atom. The van der Waals surface area contributed by atoms with Crippen LogP contribution in [0.1, 0.15) is 66.2 Å². The summed E-state index contributed by atoms with van der Waals surface area (Å²) in [5, 5.41) is 8.96. The lowest BCUT2D eigenvalue weighted by Crippen LogP contribution is -2.65. The molecule has 0 saturated carbocycles. The highest BCUT2D eigenvalue weighted by molar-refractivity contribution is 6.26. The molecule has 0 aromatic carbocycles. The number of carboxylic acids is 1. The van der Waals surface area contributed by atoms with Gasteiger partial charge in [-0.1, -0.05) is 43.7 Å². The van der Waals surface area contributed by atoms with Crippen LogP contribution < -0.4 is 0 Å². The van der Waals surface area contributed by atoms with Gasteiger partial charge in [0.2, 0.25) is 17.2 Å². The minimum atomic E-state index is -2.18. The summed E-state index contributed by atoms with van der Waals surface area (Å²) in [5.41, 5.74) is -2.47. The van der Waals surface area contributed by atoms with E-state index in [1.807, 2.05) is 19.1 Å². The molecule has 3 unspecified atom stereocenters. The Hall–Kier alpha value is -4.32. The molecule has 1 aliphatic carbocycles. The van der Waals surface area contributed by atoms with Crippen molar-refractivity contribution < 1.29 is 57.6 Å². The molecule has 2 heterocycles. The molecule has 12 nitrogen and oxygen atoms in total. The minimum Gasteiger partial charge on any atom is -0.481 e. The van der Waals surface area contributed by atoms with E-state index in [0.29, 0.717) is 6.42 Å². The van der Waals surface area contributed by atoms with Crippen molar-refractivity contribution in [1.29, 1.82) is 0 Å². The number of allylic oxidation sites excluding steroid dienone is 5. The number of carbonyl (C=O) groups is 6. The molecular formula is C31H36O12. The SMILES string of the molecule is CCC/C=C/C=C/C=C/C(=O)O[C@@H]1C2=CC(=O)C(C)(OC(C)=O)C(=O)C2=COC12O[C@H](C)CCC2OC(=O)CCC(=O)O. The molecule has 12 heteroatoms. The second-order valence-corrected chi connectivity index (χ2v) is 10.4. The van der Waals surface area contributed by atoms with Crippen molar-refractivity contribution in [3.05, 3.63) is 59.9 Å². The molecule has 232 valence electrons. The molecule has 1 saturated heterocycles. The van der Waals surface area contributed by atoms with E-state index in [0.717, 1.165) is 45.1 Å². The Morgan fingerprint density at radius 1 is 1.07 bits per heavy atom. The molecule has 43 heavy (non-hydrogen) atoms. The van der Waals surface area contributed by atoms with Crippen LogP contribution in [0.4, 0.5) is 0 Å². The smallest absolute Gasteiger partial charge is 0.331 e. The number of Topliss-reactive ketones (excluding diaryl/α,β-unsaturated/α-hetero) is 1. The van der Waals surface area contributed by atoms with E-state index in [1.165, 1.54) is 6.08 Å². The number of ether oxygens (including phenoxy) is 5. The van der Waals surface area contributed by atoms with Crippen LogP contribution in [0, 0.1) is 0 Å². The molecule has 0 aromatic rings. The summed E-state index contributed by atoms with van der Waals surface area (Å²) in [4.78, 5) is 75.0. The predicted molar refractivity (Wildman–Crippen MR) is 149 cm³/mol. The molecule has 1 N–H and O–H groups in total. The maximum absolute atomic E-state index is 13.5. The molecule has 0 bridgehead atoms. The topological polar surface area (TPSA) is 169 Å². The van der Waals surface area contributed by atoms with Gasteiger partial charge in [0, 0.05) is 18.6 Å². The summed E-state index contributed by atoms with van der Waals surface area (Å²) in [6.45, 7) is 5.96. The predicted octanol–water partition coefficient (Wildman–Crippen LogP) is 3.35. The second kappa shape index (κ2) is 14.2. The molecule has 2 aliphatic heterocycles. The molecule has 1 fully saturated rings. The van der Waals surface area contributed by atoms with Crippen LogP contribution >= 0.6 is 0 Å².